The highest BCUT2D eigenvalue weighted by Crippen LogP contribution is 2.35. The summed E-state index contributed by atoms with van der Waals surface area (Å²) in [6.45, 7) is 2.17. The van der Waals surface area contributed by atoms with Gasteiger partial charge in [0.1, 0.15) is 11.9 Å². The molecule has 3 aromatic rings. The molecule has 162 valence electrons. The van der Waals surface area contributed by atoms with Crippen LogP contribution in [0.15, 0.2) is 53.1 Å². The summed E-state index contributed by atoms with van der Waals surface area (Å²) in [7, 11) is 0. The Morgan fingerprint density at radius 2 is 2.03 bits per heavy atom. The number of carbonyl (C=O) groups excluding carboxylic acids is 1. The third kappa shape index (κ3) is 4.32. The molecule has 4 rings (SSSR count). The molecule has 0 aliphatic heterocycles. The lowest BCUT2D eigenvalue weighted by atomic mass is 10.1. The summed E-state index contributed by atoms with van der Waals surface area (Å²) in [5.74, 6) is -0.389. The fraction of sp³-hybridized carbons (Fsp3) is 0.250. The SMILES string of the molecule is C[C@@H]1CCCC1Oc1ccccc1-c1cc(C(=O)Nc2ccc(C#N)cc2C(=O)O)no1. The van der Waals surface area contributed by atoms with Crippen molar-refractivity contribution in [3.8, 4) is 23.1 Å². The molecule has 0 saturated heterocycles. The molecule has 1 saturated carbocycles. The van der Waals surface area contributed by atoms with Crippen LogP contribution >= 0.6 is 0 Å². The zero-order valence-electron chi connectivity index (χ0n) is 17.4. The maximum Gasteiger partial charge on any atom is 0.337 e. The van der Waals surface area contributed by atoms with Gasteiger partial charge in [0, 0.05) is 6.07 Å². The molecule has 1 aliphatic carbocycles. The average molecular weight is 431 g/mol. The van der Waals surface area contributed by atoms with Gasteiger partial charge in [0.05, 0.1) is 28.4 Å². The number of nitriles is 1. The van der Waals surface area contributed by atoms with E-state index in [4.69, 9.17) is 14.5 Å². The van der Waals surface area contributed by atoms with Gasteiger partial charge in [0.15, 0.2) is 11.5 Å². The summed E-state index contributed by atoms with van der Waals surface area (Å²) in [5.41, 5.74) is 0.723. The standard InChI is InChI=1S/C24H21N3O5/c1-14-5-4-8-20(14)31-21-7-3-2-6-16(21)22-12-19(27-32-22)23(28)26-18-10-9-15(13-25)11-17(18)24(29)30/h2-3,6-7,9-12,14,20H,4-5,8H2,1H3,(H,26,28)(H,29,30)/t14-,20?/m1/s1. The second kappa shape index (κ2) is 8.94. The second-order valence-corrected chi connectivity index (χ2v) is 7.77. The van der Waals surface area contributed by atoms with Crippen molar-refractivity contribution in [2.45, 2.75) is 32.3 Å². The minimum absolute atomic E-state index is 0.00950. The van der Waals surface area contributed by atoms with E-state index in [0.717, 1.165) is 19.3 Å². The van der Waals surface area contributed by atoms with E-state index in [2.05, 4.69) is 17.4 Å². The Labute approximate surface area is 184 Å². The average Bonchev–Trinajstić information content (AvgIpc) is 3.44. The predicted molar refractivity (Wildman–Crippen MR) is 115 cm³/mol. The van der Waals surface area contributed by atoms with Crippen molar-refractivity contribution in [2.75, 3.05) is 5.32 Å². The third-order valence-corrected chi connectivity index (χ3v) is 5.58. The number of ether oxygens (including phenoxy) is 1. The number of hydrogen-bond donors (Lipinski definition) is 2. The summed E-state index contributed by atoms with van der Waals surface area (Å²) in [6, 6.07) is 14.8. The van der Waals surface area contributed by atoms with Crippen molar-refractivity contribution in [1.29, 1.82) is 5.26 Å². The van der Waals surface area contributed by atoms with Crippen LogP contribution in [-0.4, -0.2) is 28.2 Å². The number of benzene rings is 2. The first-order chi connectivity index (χ1) is 15.5. The quantitative estimate of drug-likeness (QED) is 0.578. The maximum absolute atomic E-state index is 12.7. The van der Waals surface area contributed by atoms with Gasteiger partial charge in [0.25, 0.3) is 5.91 Å². The molecule has 0 radical (unpaired) electrons. The number of carboxylic acid groups (broad SMARTS) is 1. The van der Waals surface area contributed by atoms with Crippen molar-refractivity contribution in [3.05, 3.63) is 65.4 Å². The van der Waals surface area contributed by atoms with Gasteiger partial charge < -0.3 is 19.7 Å². The van der Waals surface area contributed by atoms with E-state index in [1.165, 1.54) is 24.3 Å². The van der Waals surface area contributed by atoms with Gasteiger partial charge in [-0.25, -0.2) is 4.79 Å². The van der Waals surface area contributed by atoms with Crippen molar-refractivity contribution in [2.24, 2.45) is 5.92 Å². The Balaban J connectivity index is 1.56. The van der Waals surface area contributed by atoms with Crippen LogP contribution in [0.4, 0.5) is 5.69 Å². The zero-order valence-corrected chi connectivity index (χ0v) is 17.4. The lowest BCUT2D eigenvalue weighted by Crippen LogP contribution is -2.19. The Morgan fingerprint density at radius 3 is 2.75 bits per heavy atom. The van der Waals surface area contributed by atoms with Crippen molar-refractivity contribution in [1.82, 2.24) is 5.16 Å². The number of nitrogens with zero attached hydrogens (tertiary/aromatic N) is 2. The van der Waals surface area contributed by atoms with Gasteiger partial charge in [-0.05, 0) is 55.5 Å². The summed E-state index contributed by atoms with van der Waals surface area (Å²) in [5, 5.41) is 24.7. The lowest BCUT2D eigenvalue weighted by molar-refractivity contribution is 0.0698. The topological polar surface area (TPSA) is 125 Å². The van der Waals surface area contributed by atoms with Crippen molar-refractivity contribution in [3.63, 3.8) is 0 Å². The molecular formula is C24H21N3O5. The largest absolute Gasteiger partial charge is 0.489 e. The number of nitrogens with one attached hydrogen (secondary N) is 1. The Bertz CT molecular complexity index is 1210. The number of para-hydroxylation sites is 1. The number of rotatable bonds is 6. The van der Waals surface area contributed by atoms with E-state index < -0.39 is 11.9 Å². The van der Waals surface area contributed by atoms with Crippen molar-refractivity contribution < 1.29 is 24.0 Å². The van der Waals surface area contributed by atoms with Crippen LogP contribution < -0.4 is 10.1 Å². The van der Waals surface area contributed by atoms with Crippen LogP contribution in [0.2, 0.25) is 0 Å². The molecule has 8 nitrogen and oxygen atoms in total. The van der Waals surface area contributed by atoms with E-state index in [9.17, 15) is 14.7 Å². The predicted octanol–water partition coefficient (Wildman–Crippen LogP) is 4.73. The minimum Gasteiger partial charge on any atom is -0.489 e. The summed E-state index contributed by atoms with van der Waals surface area (Å²) < 4.78 is 11.6. The van der Waals surface area contributed by atoms with Crippen LogP contribution in [0.5, 0.6) is 5.75 Å². The van der Waals surface area contributed by atoms with Crippen LogP contribution in [0.1, 0.15) is 52.6 Å². The maximum atomic E-state index is 12.7. The van der Waals surface area contributed by atoms with Crippen LogP contribution in [0.25, 0.3) is 11.3 Å². The summed E-state index contributed by atoms with van der Waals surface area (Å²) in [6.07, 6.45) is 3.39. The first-order valence-electron chi connectivity index (χ1n) is 10.3. The van der Waals surface area contributed by atoms with Crippen molar-refractivity contribution >= 4 is 17.6 Å². The molecule has 2 atom stereocenters. The summed E-state index contributed by atoms with van der Waals surface area (Å²) in [4.78, 5) is 24.2. The molecule has 2 aromatic carbocycles. The molecule has 0 spiro atoms. The molecule has 1 aromatic heterocycles. The Morgan fingerprint density at radius 1 is 1.22 bits per heavy atom. The van der Waals surface area contributed by atoms with E-state index >= 15 is 0 Å². The number of carbonyl (C=O) groups is 2. The number of aromatic carboxylic acids is 1. The fourth-order valence-corrected chi connectivity index (χ4v) is 3.82. The number of aromatic nitrogens is 1. The van der Waals surface area contributed by atoms with E-state index in [-0.39, 0.29) is 28.6 Å². The normalized spacial score (nSPS) is 17.5. The molecule has 2 N–H and O–H groups in total. The lowest BCUT2D eigenvalue weighted by Gasteiger charge is -2.19. The second-order valence-electron chi connectivity index (χ2n) is 7.77. The summed E-state index contributed by atoms with van der Waals surface area (Å²) >= 11 is 0. The van der Waals surface area contributed by atoms with Gasteiger partial charge in [-0.3, -0.25) is 4.79 Å². The monoisotopic (exact) mass is 431 g/mol. The number of amides is 1. The van der Waals surface area contributed by atoms with Crippen LogP contribution in [0.3, 0.4) is 0 Å². The molecule has 1 aliphatic rings. The van der Waals surface area contributed by atoms with Gasteiger partial charge >= 0.3 is 5.97 Å². The smallest absolute Gasteiger partial charge is 0.337 e. The van der Waals surface area contributed by atoms with Gasteiger partial charge in [-0.1, -0.05) is 24.2 Å². The molecule has 1 heterocycles. The van der Waals surface area contributed by atoms with E-state index in [0.29, 0.717) is 23.0 Å². The highest BCUT2D eigenvalue weighted by atomic mass is 16.5. The minimum atomic E-state index is -1.26. The molecule has 1 amide bonds. The van der Waals surface area contributed by atoms with Crippen LogP contribution in [0, 0.1) is 17.2 Å². The van der Waals surface area contributed by atoms with Crippen LogP contribution in [-0.2, 0) is 0 Å². The van der Waals surface area contributed by atoms with E-state index in [1.54, 1.807) is 0 Å². The highest BCUT2D eigenvalue weighted by molar-refractivity contribution is 6.07. The number of hydrogen-bond acceptors (Lipinski definition) is 6. The molecule has 1 fully saturated rings. The first-order valence-corrected chi connectivity index (χ1v) is 10.3. The van der Waals surface area contributed by atoms with Gasteiger partial charge in [-0.15, -0.1) is 0 Å². The molecule has 8 heteroatoms. The zero-order chi connectivity index (χ0) is 22.7. The number of carboxylic acids is 1. The molecule has 0 bridgehead atoms. The fourth-order valence-electron chi connectivity index (χ4n) is 3.82. The Hall–Kier alpha value is -4.12. The Kier molecular flexibility index (Phi) is 5.90. The van der Waals surface area contributed by atoms with E-state index in [1.807, 2.05) is 30.3 Å². The first kappa shape index (κ1) is 21.1. The van der Waals surface area contributed by atoms with Gasteiger partial charge in [-0.2, -0.15) is 5.26 Å². The number of anilines is 1. The highest BCUT2D eigenvalue weighted by Gasteiger charge is 2.26. The molecule has 1 unspecified atom stereocenters. The van der Waals surface area contributed by atoms with Gasteiger partial charge in [0.2, 0.25) is 0 Å². The molecule has 32 heavy (non-hydrogen) atoms. The molecular weight excluding hydrogens is 410 g/mol. The third-order valence-electron chi connectivity index (χ3n) is 5.58.